The van der Waals surface area contributed by atoms with E-state index in [9.17, 15) is 18.0 Å². The van der Waals surface area contributed by atoms with E-state index in [2.05, 4.69) is 10.2 Å². The molecule has 0 radical (unpaired) electrons. The number of thiophene rings is 1. The van der Waals surface area contributed by atoms with Gasteiger partial charge in [-0.05, 0) is 59.5 Å². The van der Waals surface area contributed by atoms with E-state index in [-0.39, 0.29) is 21.9 Å². The number of sulfone groups is 1. The van der Waals surface area contributed by atoms with Crippen LogP contribution in [-0.4, -0.2) is 68.8 Å². The molecule has 3 heterocycles. The van der Waals surface area contributed by atoms with Crippen LogP contribution in [0.5, 0.6) is 0 Å². The van der Waals surface area contributed by atoms with Gasteiger partial charge in [-0.3, -0.25) is 19.1 Å². The van der Waals surface area contributed by atoms with Gasteiger partial charge >= 0.3 is 0 Å². The minimum Gasteiger partial charge on any atom is -0.384 e. The van der Waals surface area contributed by atoms with Gasteiger partial charge in [0.05, 0.1) is 23.2 Å². The Morgan fingerprint density at radius 3 is 2.60 bits per heavy atom. The normalized spacial score (nSPS) is 14.4. The summed E-state index contributed by atoms with van der Waals surface area (Å²) in [4.78, 5) is 28.0. The predicted octanol–water partition coefficient (Wildman–Crippen LogP) is 4.17. The number of anilines is 1. The largest absolute Gasteiger partial charge is 0.384 e. The molecule has 1 aliphatic heterocycles. The molecule has 1 fully saturated rings. The van der Waals surface area contributed by atoms with Crippen molar-refractivity contribution >= 4 is 55.0 Å². The van der Waals surface area contributed by atoms with Crippen molar-refractivity contribution in [1.82, 2.24) is 9.47 Å². The fraction of sp³-hybridized carbons (Fsp3) is 0.286. The maximum Gasteiger partial charge on any atom is 0.263 e. The first-order valence-corrected chi connectivity index (χ1v) is 15.5. The van der Waals surface area contributed by atoms with Crippen LogP contribution in [0, 0.1) is 5.82 Å². The minimum atomic E-state index is -3.83. The number of aromatic nitrogens is 1. The lowest BCUT2D eigenvalue weighted by Gasteiger charge is -2.26. The molecule has 1 saturated heterocycles. The Morgan fingerprint density at radius 2 is 1.88 bits per heavy atom. The highest BCUT2D eigenvalue weighted by molar-refractivity contribution is 7.94. The molecule has 0 amide bonds. The molecular weight excluding hydrogens is 577 g/mol. The van der Waals surface area contributed by atoms with Gasteiger partial charge in [0, 0.05) is 49.9 Å². The van der Waals surface area contributed by atoms with E-state index in [1.165, 1.54) is 35.0 Å². The molecule has 0 bridgehead atoms. The van der Waals surface area contributed by atoms with Gasteiger partial charge in [-0.25, -0.2) is 12.8 Å². The summed E-state index contributed by atoms with van der Waals surface area (Å²) < 4.78 is 46.9. The van der Waals surface area contributed by atoms with Gasteiger partial charge in [0.15, 0.2) is 15.6 Å². The number of ether oxygens (including phenoxy) is 1. The molecule has 210 valence electrons. The third-order valence-electron chi connectivity index (χ3n) is 6.64. The lowest BCUT2D eigenvalue weighted by molar-refractivity contribution is -0.116. The first-order valence-electron chi connectivity index (χ1n) is 12.7. The summed E-state index contributed by atoms with van der Waals surface area (Å²) in [5.41, 5.74) is 0.868. The lowest BCUT2D eigenvalue weighted by atomic mass is 10.1. The van der Waals surface area contributed by atoms with Gasteiger partial charge in [0.1, 0.15) is 15.8 Å². The number of morpholine rings is 1. The second kappa shape index (κ2) is 12.2. The summed E-state index contributed by atoms with van der Waals surface area (Å²) in [5.74, 6) is -1.98. The van der Waals surface area contributed by atoms with Crippen LogP contribution < -0.4 is 10.9 Å². The van der Waals surface area contributed by atoms with Gasteiger partial charge in [0.2, 0.25) is 0 Å². The molecule has 8 nitrogen and oxygen atoms in total. The third kappa shape index (κ3) is 6.61. The number of halogens is 2. The first kappa shape index (κ1) is 28.4. The van der Waals surface area contributed by atoms with Crippen molar-refractivity contribution in [2.75, 3.05) is 50.5 Å². The molecule has 0 saturated carbocycles. The maximum absolute atomic E-state index is 15.1. The van der Waals surface area contributed by atoms with Gasteiger partial charge in [-0.2, -0.15) is 0 Å². The van der Waals surface area contributed by atoms with Crippen molar-refractivity contribution in [3.8, 4) is 5.69 Å². The summed E-state index contributed by atoms with van der Waals surface area (Å²) in [6.07, 6.45) is 1.26. The number of carbonyl (C=O) groups is 1. The highest BCUT2D eigenvalue weighted by Crippen LogP contribution is 2.27. The zero-order valence-corrected chi connectivity index (χ0v) is 23.8. The van der Waals surface area contributed by atoms with Crippen molar-refractivity contribution in [3.05, 3.63) is 86.9 Å². The molecule has 5 rings (SSSR count). The zero-order valence-electron chi connectivity index (χ0n) is 21.4. The molecule has 40 heavy (non-hydrogen) atoms. The van der Waals surface area contributed by atoms with Crippen LogP contribution in [0.1, 0.15) is 5.56 Å². The summed E-state index contributed by atoms with van der Waals surface area (Å²) in [5, 5.41) is 4.56. The number of nitrogens with zero attached hydrogens (tertiary/aromatic N) is 2. The van der Waals surface area contributed by atoms with E-state index in [1.807, 2.05) is 12.1 Å². The number of ketones is 1. The Morgan fingerprint density at radius 1 is 1.07 bits per heavy atom. The number of carbonyl (C=O) groups excluding carboxylic acids is 1. The molecule has 4 aromatic rings. The highest BCUT2D eigenvalue weighted by atomic mass is 35.5. The number of hydrogen-bond acceptors (Lipinski definition) is 8. The van der Waals surface area contributed by atoms with E-state index in [0.717, 1.165) is 67.9 Å². The minimum absolute atomic E-state index is 0.0129. The van der Waals surface area contributed by atoms with E-state index in [4.69, 9.17) is 16.3 Å². The summed E-state index contributed by atoms with van der Waals surface area (Å²) >= 11 is 6.68. The molecule has 2 aromatic carbocycles. The molecule has 0 spiro atoms. The van der Waals surface area contributed by atoms with Crippen LogP contribution in [0.3, 0.4) is 0 Å². The van der Waals surface area contributed by atoms with E-state index in [1.54, 1.807) is 12.1 Å². The van der Waals surface area contributed by atoms with Crippen molar-refractivity contribution in [3.63, 3.8) is 0 Å². The molecule has 0 aliphatic carbocycles. The Labute approximate surface area is 239 Å². The number of Topliss-reactive ketones (excluding diaryl/α,β-unsaturated/α-hetero) is 1. The number of pyridine rings is 1. The van der Waals surface area contributed by atoms with Crippen molar-refractivity contribution < 1.29 is 22.3 Å². The van der Waals surface area contributed by atoms with Crippen molar-refractivity contribution in [2.45, 2.75) is 10.6 Å². The molecule has 0 unspecified atom stereocenters. The topological polar surface area (TPSA) is 97.7 Å². The van der Waals surface area contributed by atoms with Gasteiger partial charge in [-0.15, -0.1) is 11.3 Å². The average molecular weight is 604 g/mol. The fourth-order valence-corrected chi connectivity index (χ4v) is 7.42. The Hall–Kier alpha value is -3.09. The molecule has 0 atom stereocenters. The van der Waals surface area contributed by atoms with Crippen LogP contribution in [-0.2, 0) is 25.8 Å². The van der Waals surface area contributed by atoms with Crippen LogP contribution in [0.15, 0.2) is 69.8 Å². The second-order valence-corrected chi connectivity index (χ2v) is 13.4. The molecule has 2 aromatic heterocycles. The van der Waals surface area contributed by atoms with Crippen LogP contribution >= 0.6 is 22.9 Å². The van der Waals surface area contributed by atoms with Crippen LogP contribution in [0.25, 0.3) is 16.5 Å². The summed E-state index contributed by atoms with van der Waals surface area (Å²) in [7, 11) is -3.83. The predicted molar refractivity (Wildman–Crippen MR) is 155 cm³/mol. The van der Waals surface area contributed by atoms with Crippen LogP contribution in [0.2, 0.25) is 4.34 Å². The van der Waals surface area contributed by atoms with Gasteiger partial charge in [0.25, 0.3) is 5.56 Å². The molecule has 1 aliphatic rings. The lowest BCUT2D eigenvalue weighted by Crippen LogP contribution is -2.39. The van der Waals surface area contributed by atoms with Crippen molar-refractivity contribution in [2.24, 2.45) is 0 Å². The monoisotopic (exact) mass is 603 g/mol. The van der Waals surface area contributed by atoms with Crippen molar-refractivity contribution in [1.29, 1.82) is 0 Å². The third-order valence-corrected chi connectivity index (χ3v) is 10.1. The quantitative estimate of drug-likeness (QED) is 0.290. The van der Waals surface area contributed by atoms with E-state index >= 15 is 4.39 Å². The van der Waals surface area contributed by atoms with E-state index < -0.39 is 27.2 Å². The number of rotatable bonds is 10. The second-order valence-electron chi connectivity index (χ2n) is 9.49. The van der Waals surface area contributed by atoms with Crippen LogP contribution in [0.4, 0.5) is 10.1 Å². The Balaban J connectivity index is 1.27. The fourth-order valence-electron chi connectivity index (χ4n) is 4.61. The van der Waals surface area contributed by atoms with Gasteiger partial charge < -0.3 is 10.1 Å². The highest BCUT2D eigenvalue weighted by Gasteiger charge is 2.22. The standard InChI is InChI=1S/C28H27ClFN3O5S2/c29-26-5-6-27(39-26)40(36,37)18-22(34)15-19-1-4-25(24(30)16-19)33-9-7-20-17-21(2-3-23(20)28(33)35)31-8-10-32-11-13-38-14-12-32/h1-7,9,16-17,31H,8,10-15,18H2. The van der Waals surface area contributed by atoms with Gasteiger partial charge in [-0.1, -0.05) is 17.7 Å². The molecular formula is C28H27ClFN3O5S2. The number of nitrogens with one attached hydrogen (secondary N) is 1. The average Bonchev–Trinajstić information content (AvgIpc) is 3.37. The maximum atomic E-state index is 15.1. The zero-order chi connectivity index (χ0) is 28.3. The number of hydrogen-bond donors (Lipinski definition) is 1. The van der Waals surface area contributed by atoms with E-state index in [0.29, 0.717) is 15.3 Å². The summed E-state index contributed by atoms with van der Waals surface area (Å²) in [6.45, 7) is 4.99. The number of fused-ring (bicyclic) bond motifs is 1. The Kier molecular flexibility index (Phi) is 8.67. The Bertz CT molecular complexity index is 1710. The number of benzene rings is 2. The summed E-state index contributed by atoms with van der Waals surface area (Å²) in [6, 6.07) is 14.1. The molecule has 1 N–H and O–H groups in total. The molecule has 12 heteroatoms. The smallest absolute Gasteiger partial charge is 0.263 e. The SMILES string of the molecule is O=C(Cc1ccc(-n2ccc3cc(NCCN4CCOCC4)ccc3c2=O)c(F)c1)CS(=O)(=O)c1ccc(Cl)s1. The first-order chi connectivity index (χ1) is 19.2.